The molecule has 0 saturated carbocycles. The van der Waals surface area contributed by atoms with Crippen molar-refractivity contribution in [2.24, 2.45) is 0 Å². The molecule has 40 heavy (non-hydrogen) atoms. The number of benzene rings is 3. The zero-order valence-electron chi connectivity index (χ0n) is 21.3. The van der Waals surface area contributed by atoms with Gasteiger partial charge < -0.3 is 0 Å². The van der Waals surface area contributed by atoms with E-state index in [4.69, 9.17) is 0 Å². The summed E-state index contributed by atoms with van der Waals surface area (Å²) >= 11 is 3.94. The van der Waals surface area contributed by atoms with Gasteiger partial charge in [-0.3, -0.25) is 0 Å². The van der Waals surface area contributed by atoms with Crippen molar-refractivity contribution in [1.82, 2.24) is 8.75 Å². The number of rotatable bonds is 8. The summed E-state index contributed by atoms with van der Waals surface area (Å²) in [5.41, 5.74) is 5.06. The molecule has 3 aromatic carbocycles. The van der Waals surface area contributed by atoms with Crippen molar-refractivity contribution >= 4 is 45.4 Å². The van der Waals surface area contributed by atoms with Gasteiger partial charge in [-0.15, -0.1) is 22.7 Å². The van der Waals surface area contributed by atoms with Crippen LogP contribution >= 0.6 is 34.4 Å². The molecule has 0 bridgehead atoms. The van der Waals surface area contributed by atoms with E-state index in [2.05, 4.69) is 15.7 Å². The number of hydrogen-bond donors (Lipinski definition) is 0. The third-order valence-corrected chi connectivity index (χ3v) is 9.64. The minimum absolute atomic E-state index is 0.215. The van der Waals surface area contributed by atoms with Crippen LogP contribution in [0.3, 0.4) is 0 Å². The van der Waals surface area contributed by atoms with E-state index in [0.29, 0.717) is 16.0 Å². The molecule has 0 atom stereocenters. The van der Waals surface area contributed by atoms with Crippen LogP contribution in [0.1, 0.15) is 31.7 Å². The predicted octanol–water partition coefficient (Wildman–Crippen LogP) is 10.8. The molecule has 0 radical (unpaired) electrons. The molecule has 2 nitrogen and oxygen atoms in total. The van der Waals surface area contributed by atoms with Crippen LogP contribution in [0.5, 0.6) is 0 Å². The Balaban J connectivity index is 1.30. The lowest BCUT2D eigenvalue weighted by atomic mass is 10.0. The number of aryl methyl sites for hydroxylation is 1. The summed E-state index contributed by atoms with van der Waals surface area (Å²) in [7, 11) is 0. The maximum Gasteiger partial charge on any atom is 0.194 e. The fourth-order valence-electron chi connectivity index (χ4n) is 4.72. The van der Waals surface area contributed by atoms with E-state index in [-0.39, 0.29) is 11.4 Å². The lowest BCUT2D eigenvalue weighted by Gasteiger charge is -2.05. The summed E-state index contributed by atoms with van der Waals surface area (Å²) in [6.45, 7) is 2.15. The van der Waals surface area contributed by atoms with Crippen LogP contribution in [0, 0.1) is 23.3 Å². The Morgan fingerprint density at radius 1 is 0.600 bits per heavy atom. The monoisotopic (exact) mass is 594 g/mol. The summed E-state index contributed by atoms with van der Waals surface area (Å²) in [4.78, 5) is 3.25. The van der Waals surface area contributed by atoms with E-state index >= 15 is 4.39 Å². The highest BCUT2D eigenvalue weighted by molar-refractivity contribution is 7.19. The number of thiophene rings is 2. The number of fused-ring (bicyclic) bond motifs is 1. The molecule has 0 fully saturated rings. The number of nitrogens with zero attached hydrogens (tertiary/aromatic N) is 2. The largest absolute Gasteiger partial charge is 0.206 e. The van der Waals surface area contributed by atoms with Gasteiger partial charge in [0, 0.05) is 36.2 Å². The topological polar surface area (TPSA) is 25.8 Å². The fraction of sp³-hybridized carbons (Fsp3) is 0.161. The molecule has 0 aliphatic rings. The minimum Gasteiger partial charge on any atom is -0.206 e. The van der Waals surface area contributed by atoms with Gasteiger partial charge in [0.2, 0.25) is 0 Å². The second-order valence-electron chi connectivity index (χ2n) is 9.48. The maximum absolute atomic E-state index is 15.0. The Labute approximate surface area is 240 Å². The standard InChI is InChI=1S/C31H22F4N2S3/c1-2-3-4-5-17-6-7-19(22(32)14-17)26-12-13-28(39-26)21-9-8-20(30-31(21)37-40-36-30)27-11-10-25(38-27)18-15-23(33)29(35)24(34)16-18/h6-16H,2-5H2,1H3. The van der Waals surface area contributed by atoms with Gasteiger partial charge in [-0.05, 0) is 66.4 Å². The average molecular weight is 595 g/mol. The SMILES string of the molecule is CCCCCc1ccc(-c2ccc(-c3ccc(-c4ccc(-c5cc(F)c(F)c(F)c5)s4)c4nsnc34)s2)c(F)c1. The van der Waals surface area contributed by atoms with Gasteiger partial charge in [-0.25, -0.2) is 17.6 Å². The van der Waals surface area contributed by atoms with Crippen LogP contribution in [0.15, 0.2) is 66.7 Å². The van der Waals surface area contributed by atoms with Crippen molar-refractivity contribution in [3.8, 4) is 41.8 Å². The van der Waals surface area contributed by atoms with E-state index in [0.717, 1.165) is 86.4 Å². The van der Waals surface area contributed by atoms with Crippen LogP contribution in [0.2, 0.25) is 0 Å². The van der Waals surface area contributed by atoms with Gasteiger partial charge >= 0.3 is 0 Å². The predicted molar refractivity (Wildman–Crippen MR) is 158 cm³/mol. The van der Waals surface area contributed by atoms with Crippen molar-refractivity contribution in [2.75, 3.05) is 0 Å². The third-order valence-electron chi connectivity index (χ3n) is 6.79. The smallest absolute Gasteiger partial charge is 0.194 e. The molecule has 0 amide bonds. The molecular weight excluding hydrogens is 573 g/mol. The number of halogens is 4. The number of aromatic nitrogens is 2. The molecule has 3 heterocycles. The first-order chi connectivity index (χ1) is 19.4. The summed E-state index contributed by atoms with van der Waals surface area (Å²) in [6.07, 6.45) is 4.21. The third kappa shape index (κ3) is 5.09. The highest BCUT2D eigenvalue weighted by Gasteiger charge is 2.18. The lowest BCUT2D eigenvalue weighted by Crippen LogP contribution is -1.90. The van der Waals surface area contributed by atoms with Gasteiger partial charge in [0.15, 0.2) is 17.5 Å². The van der Waals surface area contributed by atoms with Gasteiger partial charge in [0.05, 0.1) is 11.7 Å². The van der Waals surface area contributed by atoms with E-state index in [1.54, 1.807) is 12.1 Å². The number of unbranched alkanes of at least 4 members (excludes halogenated alkanes) is 2. The lowest BCUT2D eigenvalue weighted by molar-refractivity contribution is 0.448. The van der Waals surface area contributed by atoms with Crippen molar-refractivity contribution in [3.05, 3.63) is 95.6 Å². The van der Waals surface area contributed by atoms with E-state index in [1.165, 1.54) is 22.7 Å². The van der Waals surface area contributed by atoms with Gasteiger partial charge in [-0.2, -0.15) is 8.75 Å². The van der Waals surface area contributed by atoms with Gasteiger partial charge in [-0.1, -0.05) is 44.0 Å². The quantitative estimate of drug-likeness (QED) is 0.0995. The molecule has 0 saturated heterocycles. The highest BCUT2D eigenvalue weighted by atomic mass is 32.1. The second-order valence-corrected chi connectivity index (χ2v) is 12.2. The Kier molecular flexibility index (Phi) is 7.53. The van der Waals surface area contributed by atoms with E-state index in [9.17, 15) is 13.2 Å². The van der Waals surface area contributed by atoms with E-state index < -0.39 is 17.5 Å². The van der Waals surface area contributed by atoms with Gasteiger partial charge in [0.1, 0.15) is 16.9 Å². The zero-order valence-corrected chi connectivity index (χ0v) is 23.8. The highest BCUT2D eigenvalue weighted by Crippen LogP contribution is 2.43. The Hall–Kier alpha value is -3.40. The molecule has 0 N–H and O–H groups in total. The van der Waals surface area contributed by atoms with Crippen molar-refractivity contribution in [3.63, 3.8) is 0 Å². The average Bonchev–Trinajstić information content (AvgIpc) is 3.72. The first-order valence-electron chi connectivity index (χ1n) is 12.8. The van der Waals surface area contributed by atoms with Crippen LogP contribution in [0.25, 0.3) is 52.8 Å². The van der Waals surface area contributed by atoms with Crippen LogP contribution < -0.4 is 0 Å². The first-order valence-corrected chi connectivity index (χ1v) is 15.2. The molecule has 0 unspecified atom stereocenters. The van der Waals surface area contributed by atoms with Crippen LogP contribution in [-0.4, -0.2) is 8.75 Å². The minimum atomic E-state index is -1.48. The summed E-state index contributed by atoms with van der Waals surface area (Å²) in [6, 6.07) is 18.9. The molecule has 0 aliphatic carbocycles. The fourth-order valence-corrected chi connectivity index (χ4v) is 7.37. The molecule has 0 aliphatic heterocycles. The Bertz CT molecular complexity index is 1810. The van der Waals surface area contributed by atoms with Gasteiger partial charge in [0.25, 0.3) is 0 Å². The molecule has 9 heteroatoms. The molecular formula is C31H22F4N2S3. The molecule has 6 rings (SSSR count). The Morgan fingerprint density at radius 3 is 1.75 bits per heavy atom. The molecule has 202 valence electrons. The number of hydrogen-bond acceptors (Lipinski definition) is 5. The van der Waals surface area contributed by atoms with Crippen molar-refractivity contribution in [1.29, 1.82) is 0 Å². The summed E-state index contributed by atoms with van der Waals surface area (Å²) < 4.78 is 65.1. The van der Waals surface area contributed by atoms with Crippen molar-refractivity contribution < 1.29 is 17.6 Å². The van der Waals surface area contributed by atoms with Crippen LogP contribution in [-0.2, 0) is 6.42 Å². The summed E-state index contributed by atoms with van der Waals surface area (Å²) in [5.74, 6) is -4.14. The van der Waals surface area contributed by atoms with E-state index in [1.807, 2.05) is 42.5 Å². The Morgan fingerprint density at radius 2 is 1.15 bits per heavy atom. The first kappa shape index (κ1) is 26.8. The molecule has 0 spiro atoms. The maximum atomic E-state index is 15.0. The van der Waals surface area contributed by atoms with Crippen LogP contribution in [0.4, 0.5) is 17.6 Å². The molecule has 6 aromatic rings. The normalized spacial score (nSPS) is 11.5. The molecule has 3 aromatic heterocycles. The second kappa shape index (κ2) is 11.2. The zero-order chi connectivity index (χ0) is 27.8. The summed E-state index contributed by atoms with van der Waals surface area (Å²) in [5, 5.41) is 0. The van der Waals surface area contributed by atoms with Crippen molar-refractivity contribution in [2.45, 2.75) is 32.6 Å².